The Morgan fingerprint density at radius 2 is 0.786 bits per heavy atom. The predicted octanol–water partition coefficient (Wildman–Crippen LogP) is 1.90. The molecule has 0 aromatic heterocycles. The van der Waals surface area contributed by atoms with E-state index in [1.807, 2.05) is 0 Å². The zero-order chi connectivity index (χ0) is 10.1. The normalized spacial score (nSPS) is 31.3. The highest BCUT2D eigenvalue weighted by atomic mass is 16.8. The summed E-state index contributed by atoms with van der Waals surface area (Å²) in [5, 5.41) is 24.8. The average molecular weight is 200 g/mol. The highest BCUT2D eigenvalue weighted by molar-refractivity contribution is 4.55. The van der Waals surface area contributed by atoms with Gasteiger partial charge >= 0.3 is 0 Å². The fourth-order valence-electron chi connectivity index (χ4n) is 2.74. The Hall–Kier alpha value is -0.160. The molecule has 0 atom stereocenters. The minimum atomic E-state index is -0.486. The van der Waals surface area contributed by atoms with Gasteiger partial charge in [0.25, 0.3) is 0 Å². The number of nitrogens with zero attached hydrogens (tertiary/aromatic N) is 2. The molecule has 2 fully saturated rings. The lowest BCUT2D eigenvalue weighted by Crippen LogP contribution is -2.69. The molecule has 0 aromatic rings. The Labute approximate surface area is 85.4 Å². The van der Waals surface area contributed by atoms with E-state index in [9.17, 15) is 10.4 Å². The minimum Gasteiger partial charge on any atom is -0.582 e. The fraction of sp³-hybridized carbons (Fsp3) is 1.00. The molecule has 2 heterocycles. The molecule has 0 N–H and O–H groups in total. The van der Waals surface area contributed by atoms with E-state index in [-0.39, 0.29) is 0 Å². The summed E-state index contributed by atoms with van der Waals surface area (Å²) in [5.41, 5.74) is 0. The second-order valence-electron chi connectivity index (χ2n) is 4.71. The van der Waals surface area contributed by atoms with Crippen molar-refractivity contribution in [3.8, 4) is 0 Å². The van der Waals surface area contributed by atoms with E-state index in [0.717, 1.165) is 38.5 Å². The van der Waals surface area contributed by atoms with E-state index in [4.69, 9.17) is 0 Å². The summed E-state index contributed by atoms with van der Waals surface area (Å²) < 4.78 is -0.972. The first kappa shape index (κ1) is 10.4. The van der Waals surface area contributed by atoms with Crippen LogP contribution in [0.25, 0.3) is 0 Å². The molecule has 0 saturated carbocycles. The largest absolute Gasteiger partial charge is 0.582 e. The molecule has 0 aromatic carbocycles. The third-order valence-corrected chi connectivity index (χ3v) is 3.69. The van der Waals surface area contributed by atoms with Gasteiger partial charge in [-0.3, -0.25) is 0 Å². The molecule has 14 heavy (non-hydrogen) atoms. The lowest BCUT2D eigenvalue weighted by Gasteiger charge is -2.61. The third-order valence-electron chi connectivity index (χ3n) is 3.69. The van der Waals surface area contributed by atoms with Gasteiger partial charge in [0, 0.05) is 25.7 Å². The van der Waals surface area contributed by atoms with E-state index in [1.165, 1.54) is 0 Å². The van der Waals surface area contributed by atoms with E-state index in [0.29, 0.717) is 26.2 Å². The minimum absolute atomic E-state index is 0.486. The topological polar surface area (TPSA) is 46.1 Å². The van der Waals surface area contributed by atoms with E-state index >= 15 is 0 Å². The van der Waals surface area contributed by atoms with Gasteiger partial charge in [-0.05, 0) is 12.8 Å². The van der Waals surface area contributed by atoms with Gasteiger partial charge in [0.2, 0.25) is 0 Å². The van der Waals surface area contributed by atoms with Crippen molar-refractivity contribution >= 4 is 0 Å². The summed E-state index contributed by atoms with van der Waals surface area (Å²) in [4.78, 5) is 0. The van der Waals surface area contributed by atoms with E-state index < -0.39 is 9.51 Å². The zero-order valence-corrected chi connectivity index (χ0v) is 8.78. The SMILES string of the molecule is [O-][N+]1([N+]2([O-])CCCCC2)CCCCC1. The highest BCUT2D eigenvalue weighted by Gasteiger charge is 2.39. The van der Waals surface area contributed by atoms with Crippen molar-refractivity contribution in [1.29, 1.82) is 0 Å². The molecular formula is C10H20N2O2. The van der Waals surface area contributed by atoms with E-state index in [1.54, 1.807) is 0 Å². The van der Waals surface area contributed by atoms with Crippen LogP contribution >= 0.6 is 0 Å². The lowest BCUT2D eigenvalue weighted by molar-refractivity contribution is -1.46. The number of quaternary nitrogens is 2. The van der Waals surface area contributed by atoms with Crippen molar-refractivity contribution in [3.63, 3.8) is 0 Å². The molecule has 82 valence electrons. The lowest BCUT2D eigenvalue weighted by atomic mass is 10.1. The quantitative estimate of drug-likeness (QED) is 0.479. The first-order valence-corrected chi connectivity index (χ1v) is 5.83. The van der Waals surface area contributed by atoms with Crippen LogP contribution in [0.4, 0.5) is 0 Å². The van der Waals surface area contributed by atoms with Crippen LogP contribution in [0.5, 0.6) is 0 Å². The Kier molecular flexibility index (Phi) is 2.79. The molecule has 0 unspecified atom stereocenters. The molecule has 0 bridgehead atoms. The molecule has 0 amide bonds. The number of hydrogen-bond donors (Lipinski definition) is 0. The van der Waals surface area contributed by atoms with Crippen LogP contribution in [0, 0.1) is 10.4 Å². The Bertz CT molecular complexity index is 174. The summed E-state index contributed by atoms with van der Waals surface area (Å²) in [6.07, 6.45) is 6.00. The smallest absolute Gasteiger partial charge is 0.122 e. The maximum atomic E-state index is 12.4. The Morgan fingerprint density at radius 3 is 1.07 bits per heavy atom. The van der Waals surface area contributed by atoms with Crippen LogP contribution in [0.15, 0.2) is 0 Å². The second kappa shape index (κ2) is 3.77. The third kappa shape index (κ3) is 1.67. The van der Waals surface area contributed by atoms with Gasteiger partial charge in [0.15, 0.2) is 0 Å². The van der Waals surface area contributed by atoms with Crippen LogP contribution in [0.1, 0.15) is 38.5 Å². The van der Waals surface area contributed by atoms with Gasteiger partial charge in [-0.2, -0.15) is 0 Å². The van der Waals surface area contributed by atoms with Gasteiger partial charge in [-0.25, -0.2) is 9.51 Å². The van der Waals surface area contributed by atoms with Crippen molar-refractivity contribution in [2.45, 2.75) is 38.5 Å². The van der Waals surface area contributed by atoms with Gasteiger partial charge in [0.1, 0.15) is 26.2 Å². The fourth-order valence-corrected chi connectivity index (χ4v) is 2.74. The molecular weight excluding hydrogens is 180 g/mol. The summed E-state index contributed by atoms with van der Waals surface area (Å²) >= 11 is 0. The van der Waals surface area contributed by atoms with Crippen molar-refractivity contribution in [3.05, 3.63) is 10.4 Å². The number of rotatable bonds is 1. The molecule has 2 aliphatic rings. The summed E-state index contributed by atoms with van der Waals surface area (Å²) in [6.45, 7) is 2.18. The van der Waals surface area contributed by atoms with Crippen LogP contribution < -0.4 is 0 Å². The van der Waals surface area contributed by atoms with Crippen molar-refractivity contribution in [2.24, 2.45) is 0 Å². The second-order valence-corrected chi connectivity index (χ2v) is 4.71. The monoisotopic (exact) mass is 200 g/mol. The molecule has 2 rings (SSSR count). The molecule has 2 aliphatic heterocycles. The van der Waals surface area contributed by atoms with Crippen molar-refractivity contribution in [1.82, 2.24) is 0 Å². The van der Waals surface area contributed by atoms with Crippen LogP contribution in [0.2, 0.25) is 0 Å². The number of piperidine rings is 2. The average Bonchev–Trinajstić information content (AvgIpc) is 2.20. The molecule has 0 radical (unpaired) electrons. The number of hydroxylamine groups is 4. The van der Waals surface area contributed by atoms with Gasteiger partial charge in [-0.1, -0.05) is 0 Å². The molecule has 4 heteroatoms. The predicted molar refractivity (Wildman–Crippen MR) is 54.4 cm³/mol. The molecule has 4 nitrogen and oxygen atoms in total. The van der Waals surface area contributed by atoms with Crippen LogP contribution in [-0.4, -0.2) is 35.7 Å². The molecule has 0 aliphatic carbocycles. The Balaban J connectivity index is 2.09. The summed E-state index contributed by atoms with van der Waals surface area (Å²) in [5.74, 6) is 0. The van der Waals surface area contributed by atoms with Crippen LogP contribution in [0.3, 0.4) is 0 Å². The summed E-state index contributed by atoms with van der Waals surface area (Å²) in [6, 6.07) is 0. The Morgan fingerprint density at radius 1 is 0.500 bits per heavy atom. The first-order chi connectivity index (χ1) is 6.66. The molecule has 0 spiro atoms. The van der Waals surface area contributed by atoms with E-state index in [2.05, 4.69) is 0 Å². The maximum absolute atomic E-state index is 12.4. The van der Waals surface area contributed by atoms with Crippen molar-refractivity contribution in [2.75, 3.05) is 26.2 Å². The van der Waals surface area contributed by atoms with Crippen LogP contribution in [-0.2, 0) is 0 Å². The van der Waals surface area contributed by atoms with Crippen molar-refractivity contribution < 1.29 is 9.51 Å². The first-order valence-electron chi connectivity index (χ1n) is 5.83. The summed E-state index contributed by atoms with van der Waals surface area (Å²) in [7, 11) is 0. The maximum Gasteiger partial charge on any atom is 0.122 e. The van der Waals surface area contributed by atoms with Gasteiger partial charge in [-0.15, -0.1) is 0 Å². The van der Waals surface area contributed by atoms with Gasteiger partial charge < -0.3 is 10.4 Å². The molecule has 2 saturated heterocycles. The number of hydrogen-bond acceptors (Lipinski definition) is 2. The van der Waals surface area contributed by atoms with Gasteiger partial charge in [0.05, 0.1) is 0 Å². The highest BCUT2D eigenvalue weighted by Crippen LogP contribution is 2.30. The standard InChI is InChI=1S/C10H20N2O2/c13-11(7-3-1-4-8-11)12(14)9-5-2-6-10-12/h1-10H2. The zero-order valence-electron chi connectivity index (χ0n) is 8.78.